The normalized spacial score (nSPS) is 18.7. The summed E-state index contributed by atoms with van der Waals surface area (Å²) in [4.78, 5) is 11.7. The standard InChI is InChI=1S/C32H42N6O2Si/c1-31(2,3)41(7,8)40-20-32(4)19-35-29-23(17-33)13-22(14-25(29)32)26-9-11-34-30(36-26)37-27-15-21-10-12-38(5)18-24(21)16-28(27)39-6/h9,11,13-16,35H,10,12,18-20H2,1-8H3,(H,34,36,37)/t32-/m1/s1. The number of nitrogens with one attached hydrogen (secondary N) is 2. The van der Waals surface area contributed by atoms with Crippen LogP contribution in [0.25, 0.3) is 11.3 Å². The molecule has 5 rings (SSSR count). The van der Waals surface area contributed by atoms with Crippen molar-refractivity contribution in [1.82, 2.24) is 14.9 Å². The van der Waals surface area contributed by atoms with Gasteiger partial charge in [0.25, 0.3) is 0 Å². The second-order valence-electron chi connectivity index (χ2n) is 13.2. The number of fused-ring (bicyclic) bond motifs is 2. The zero-order valence-corrected chi connectivity index (χ0v) is 26.6. The first kappa shape index (κ1) is 29.1. The lowest BCUT2D eigenvalue weighted by atomic mass is 9.83. The van der Waals surface area contributed by atoms with Gasteiger partial charge in [0.15, 0.2) is 8.32 Å². The lowest BCUT2D eigenvalue weighted by Crippen LogP contribution is -2.45. The Hall–Kier alpha value is -3.45. The van der Waals surface area contributed by atoms with Crippen molar-refractivity contribution in [2.24, 2.45) is 0 Å². The maximum absolute atomic E-state index is 10.1. The van der Waals surface area contributed by atoms with Crippen LogP contribution in [0.3, 0.4) is 0 Å². The van der Waals surface area contributed by atoms with Crippen LogP contribution in [0.5, 0.6) is 5.75 Å². The minimum absolute atomic E-state index is 0.124. The molecule has 0 saturated carbocycles. The molecule has 0 unspecified atom stereocenters. The van der Waals surface area contributed by atoms with Crippen LogP contribution < -0.4 is 15.4 Å². The highest BCUT2D eigenvalue weighted by Gasteiger charge is 2.42. The first-order valence-corrected chi connectivity index (χ1v) is 17.2. The third-order valence-electron chi connectivity index (χ3n) is 9.04. The molecular weight excluding hydrogens is 528 g/mol. The summed E-state index contributed by atoms with van der Waals surface area (Å²) < 4.78 is 12.4. The van der Waals surface area contributed by atoms with E-state index in [0.717, 1.165) is 60.0 Å². The molecule has 2 aliphatic rings. The number of anilines is 3. The summed E-state index contributed by atoms with van der Waals surface area (Å²) in [6.45, 7) is 16.8. The van der Waals surface area contributed by atoms with Crippen LogP contribution in [0.4, 0.5) is 17.3 Å². The fourth-order valence-corrected chi connectivity index (χ4v) is 6.42. The Kier molecular flexibility index (Phi) is 7.62. The topological polar surface area (TPSA) is 95.3 Å². The average molecular weight is 571 g/mol. The molecule has 9 heteroatoms. The Labute approximate surface area is 245 Å². The van der Waals surface area contributed by atoms with Crippen LogP contribution in [0.1, 0.15) is 49.9 Å². The van der Waals surface area contributed by atoms with E-state index in [1.54, 1.807) is 13.3 Å². The summed E-state index contributed by atoms with van der Waals surface area (Å²) in [7, 11) is 1.88. The van der Waals surface area contributed by atoms with Gasteiger partial charge in [-0.2, -0.15) is 5.26 Å². The van der Waals surface area contributed by atoms with Crippen LogP contribution in [0, 0.1) is 11.3 Å². The summed E-state index contributed by atoms with van der Waals surface area (Å²) >= 11 is 0. The monoisotopic (exact) mass is 570 g/mol. The molecule has 2 aliphatic heterocycles. The van der Waals surface area contributed by atoms with E-state index in [-0.39, 0.29) is 10.5 Å². The van der Waals surface area contributed by atoms with Crippen molar-refractivity contribution in [2.45, 2.75) is 64.2 Å². The SMILES string of the molecule is COc1cc2c(cc1Nc1nccc(-c3cc(C#N)c4c(c3)[C@@](C)(CO[Si](C)(C)C(C)(C)C)CN4)n1)CCN(C)C2. The largest absolute Gasteiger partial charge is 0.495 e. The molecule has 0 bridgehead atoms. The predicted molar refractivity (Wildman–Crippen MR) is 167 cm³/mol. The lowest BCUT2D eigenvalue weighted by Gasteiger charge is -2.39. The number of nitrogens with zero attached hydrogens (tertiary/aromatic N) is 4. The van der Waals surface area contributed by atoms with Crippen molar-refractivity contribution < 1.29 is 9.16 Å². The molecule has 8 nitrogen and oxygen atoms in total. The van der Waals surface area contributed by atoms with Gasteiger partial charge in [-0.25, -0.2) is 9.97 Å². The Morgan fingerprint density at radius 2 is 1.98 bits per heavy atom. The summed E-state index contributed by atoms with van der Waals surface area (Å²) in [6.07, 6.45) is 2.74. The third kappa shape index (κ3) is 5.69. The van der Waals surface area contributed by atoms with Gasteiger partial charge < -0.3 is 24.7 Å². The summed E-state index contributed by atoms with van der Waals surface area (Å²) in [5, 5.41) is 17.1. The molecule has 3 heterocycles. The zero-order valence-electron chi connectivity index (χ0n) is 25.6. The number of benzene rings is 2. The van der Waals surface area contributed by atoms with Crippen molar-refractivity contribution in [3.05, 3.63) is 58.8 Å². The molecule has 1 aromatic heterocycles. The van der Waals surface area contributed by atoms with E-state index in [0.29, 0.717) is 18.1 Å². The van der Waals surface area contributed by atoms with Crippen LogP contribution >= 0.6 is 0 Å². The quantitative estimate of drug-likeness (QED) is 0.313. The van der Waals surface area contributed by atoms with Crippen molar-refractivity contribution in [3.63, 3.8) is 0 Å². The smallest absolute Gasteiger partial charge is 0.227 e. The predicted octanol–water partition coefficient (Wildman–Crippen LogP) is 6.46. The Morgan fingerprint density at radius 1 is 1.20 bits per heavy atom. The third-order valence-corrected chi connectivity index (χ3v) is 13.5. The molecule has 1 atom stereocenters. The molecular formula is C32H42N6O2Si. The summed E-state index contributed by atoms with van der Waals surface area (Å²) in [6, 6.07) is 12.6. The minimum atomic E-state index is -1.94. The molecule has 216 valence electrons. The molecule has 0 saturated heterocycles. The number of hydrogen-bond donors (Lipinski definition) is 2. The highest BCUT2D eigenvalue weighted by atomic mass is 28.4. The van der Waals surface area contributed by atoms with Crippen molar-refractivity contribution in [3.8, 4) is 23.1 Å². The van der Waals surface area contributed by atoms with Gasteiger partial charge in [0.05, 0.1) is 29.7 Å². The molecule has 41 heavy (non-hydrogen) atoms. The number of methoxy groups -OCH3 is 1. The molecule has 2 aromatic carbocycles. The molecule has 0 aliphatic carbocycles. The van der Waals surface area contributed by atoms with Crippen molar-refractivity contribution >= 4 is 25.6 Å². The number of hydrogen-bond acceptors (Lipinski definition) is 8. The maximum atomic E-state index is 10.1. The Balaban J connectivity index is 1.46. The van der Waals surface area contributed by atoms with Crippen molar-refractivity contribution in [1.29, 1.82) is 5.26 Å². The fraction of sp³-hybridized carbons (Fsp3) is 0.469. The lowest BCUT2D eigenvalue weighted by molar-refractivity contribution is 0.220. The molecule has 0 spiro atoms. The van der Waals surface area contributed by atoms with Crippen LogP contribution in [-0.2, 0) is 22.8 Å². The van der Waals surface area contributed by atoms with Gasteiger partial charge in [-0.05, 0) is 78.6 Å². The number of likely N-dealkylation sites (N-methyl/N-ethyl adjacent to an activating group) is 1. The van der Waals surface area contributed by atoms with E-state index >= 15 is 0 Å². The highest BCUT2D eigenvalue weighted by molar-refractivity contribution is 6.74. The second kappa shape index (κ2) is 10.7. The molecule has 0 radical (unpaired) electrons. The van der Waals surface area contributed by atoms with Crippen LogP contribution in [0.2, 0.25) is 18.1 Å². The number of rotatable bonds is 7. The summed E-state index contributed by atoms with van der Waals surface area (Å²) in [5.41, 5.74) is 7.42. The second-order valence-corrected chi connectivity index (χ2v) is 18.0. The molecule has 2 N–H and O–H groups in total. The van der Waals surface area contributed by atoms with Crippen molar-refractivity contribution in [2.75, 3.05) is 44.5 Å². The van der Waals surface area contributed by atoms with Gasteiger partial charge in [-0.15, -0.1) is 0 Å². The van der Waals surface area contributed by atoms with E-state index in [1.165, 1.54) is 11.1 Å². The Bertz CT molecular complexity index is 1510. The number of aromatic nitrogens is 2. The first-order valence-electron chi connectivity index (χ1n) is 14.3. The average Bonchev–Trinajstić information content (AvgIpc) is 3.27. The van der Waals surface area contributed by atoms with Crippen LogP contribution in [-0.4, -0.2) is 57.0 Å². The molecule has 0 fully saturated rings. The minimum Gasteiger partial charge on any atom is -0.495 e. The van der Waals surface area contributed by atoms with E-state index in [9.17, 15) is 5.26 Å². The molecule has 0 amide bonds. The van der Waals surface area contributed by atoms with E-state index in [4.69, 9.17) is 14.1 Å². The first-order chi connectivity index (χ1) is 19.3. The zero-order chi connectivity index (χ0) is 29.6. The van der Waals surface area contributed by atoms with Gasteiger partial charge >= 0.3 is 0 Å². The summed E-state index contributed by atoms with van der Waals surface area (Å²) in [5.74, 6) is 1.25. The van der Waals surface area contributed by atoms with Gasteiger partial charge in [-0.1, -0.05) is 27.7 Å². The van der Waals surface area contributed by atoms with Crippen LogP contribution in [0.15, 0.2) is 36.5 Å². The van der Waals surface area contributed by atoms with E-state index in [2.05, 4.69) is 92.6 Å². The van der Waals surface area contributed by atoms with Gasteiger partial charge in [0.1, 0.15) is 11.8 Å². The number of nitriles is 1. The van der Waals surface area contributed by atoms with E-state index < -0.39 is 8.32 Å². The van der Waals surface area contributed by atoms with Gasteiger partial charge in [0.2, 0.25) is 5.95 Å². The van der Waals surface area contributed by atoms with Gasteiger partial charge in [0, 0.05) is 43.4 Å². The maximum Gasteiger partial charge on any atom is 0.227 e. The fourth-order valence-electron chi connectivity index (χ4n) is 5.30. The highest BCUT2D eigenvalue weighted by Crippen LogP contribution is 2.44. The van der Waals surface area contributed by atoms with E-state index in [1.807, 2.05) is 12.1 Å². The number of ether oxygens (including phenoxy) is 1. The molecule has 3 aromatic rings. The Morgan fingerprint density at radius 3 is 2.68 bits per heavy atom. The van der Waals surface area contributed by atoms with Gasteiger partial charge in [-0.3, -0.25) is 0 Å².